The van der Waals surface area contributed by atoms with Gasteiger partial charge in [0, 0.05) is 74.2 Å². The third-order valence-electron chi connectivity index (χ3n) is 13.1. The topological polar surface area (TPSA) is 183 Å². The van der Waals surface area contributed by atoms with Gasteiger partial charge in [0.2, 0.25) is 0 Å². The van der Waals surface area contributed by atoms with Crippen molar-refractivity contribution in [2.75, 3.05) is 39.3 Å². The third kappa shape index (κ3) is 6.40. The fourth-order valence-corrected chi connectivity index (χ4v) is 9.93. The highest BCUT2D eigenvalue weighted by atomic mass is 19.1. The van der Waals surface area contributed by atoms with Gasteiger partial charge in [-0.2, -0.15) is 0 Å². The summed E-state index contributed by atoms with van der Waals surface area (Å²) in [5.41, 5.74) is 10.8. The first-order chi connectivity index (χ1) is 30.3. The number of hydrogen-bond acceptors (Lipinski definition) is 9. The van der Waals surface area contributed by atoms with E-state index in [9.17, 15) is 23.2 Å². The highest BCUT2D eigenvalue weighted by molar-refractivity contribution is 6.02. The summed E-state index contributed by atoms with van der Waals surface area (Å²) in [7, 11) is 0. The summed E-state index contributed by atoms with van der Waals surface area (Å²) < 4.78 is 33.0. The van der Waals surface area contributed by atoms with Crippen LogP contribution in [0.25, 0.3) is 45.6 Å². The average molecular weight is 851 g/mol. The van der Waals surface area contributed by atoms with Gasteiger partial charge < -0.3 is 35.6 Å². The fraction of sp³-hybridized carbons (Fsp3) is 0.340. The van der Waals surface area contributed by atoms with Gasteiger partial charge in [0.25, 0.3) is 11.8 Å². The molecular formula is C47H44F2N10O4. The first kappa shape index (κ1) is 39.1. The number of fused-ring (bicyclic) bond motifs is 12. The van der Waals surface area contributed by atoms with E-state index in [1.807, 2.05) is 27.0 Å². The van der Waals surface area contributed by atoms with Crippen molar-refractivity contribution in [1.29, 1.82) is 0 Å². The minimum absolute atomic E-state index is 0.00659. The number of carbonyl (C=O) groups is 3. The van der Waals surface area contributed by atoms with Crippen LogP contribution >= 0.6 is 0 Å². The summed E-state index contributed by atoms with van der Waals surface area (Å²) >= 11 is 0. The van der Waals surface area contributed by atoms with E-state index < -0.39 is 11.0 Å². The lowest BCUT2D eigenvalue weighted by Gasteiger charge is -2.51. The lowest BCUT2D eigenvalue weighted by atomic mass is 9.72. The Morgan fingerprint density at radius 3 is 1.65 bits per heavy atom. The van der Waals surface area contributed by atoms with Crippen molar-refractivity contribution in [2.24, 2.45) is 0 Å². The van der Waals surface area contributed by atoms with Crippen LogP contribution in [-0.2, 0) is 41.3 Å². The fourth-order valence-electron chi connectivity index (χ4n) is 9.93. The lowest BCUT2D eigenvalue weighted by molar-refractivity contribution is -0.0113. The van der Waals surface area contributed by atoms with Crippen LogP contribution in [0.2, 0.25) is 0 Å². The summed E-state index contributed by atoms with van der Waals surface area (Å²) in [6.07, 6.45) is 6.23. The molecule has 3 amide bonds. The molecule has 0 atom stereocenters. The molecule has 12 rings (SSSR count). The molecule has 0 radical (unpaired) electrons. The Labute approximate surface area is 360 Å². The number of benzene rings is 2. The molecular weight excluding hydrogens is 807 g/mol. The lowest BCUT2D eigenvalue weighted by Crippen LogP contribution is -2.67. The highest BCUT2D eigenvalue weighted by Gasteiger charge is 2.54. The van der Waals surface area contributed by atoms with Crippen molar-refractivity contribution in [2.45, 2.75) is 62.9 Å². The number of hydrogen-bond donors (Lipinski definition) is 5. The molecule has 2 aromatic carbocycles. The van der Waals surface area contributed by atoms with Crippen molar-refractivity contribution < 1.29 is 27.9 Å². The standard InChI is InChI=1S/C26H26FN5O3.C21H18FN5O/c1-25(2,3)35-24(34)32-12-26(13-32)11-29-23(33)18-17-8-7-15-10-28-22(14-5-4-6-16(27)9-14)31-19(15)20(17)30-21(18)26;22-13-3-1-2-11(6-13)19-24-7-12-4-5-14-15-18(26-17(14)16(12)27-19)21(8-23-9-21)10-25-20(15)28/h4-6,9-10,30H,7-8,11-13H2,1-3H3,(H,29,33);1-3,6-7,23,26H,4-5,8-10H2,(H,25,28). The molecule has 14 nitrogen and oxygen atoms in total. The molecule has 2 aliphatic carbocycles. The van der Waals surface area contributed by atoms with E-state index in [2.05, 4.69) is 35.9 Å². The zero-order valence-electron chi connectivity index (χ0n) is 35.0. The molecule has 8 heterocycles. The Balaban J connectivity index is 0.000000144. The van der Waals surface area contributed by atoms with E-state index >= 15 is 0 Å². The Kier molecular flexibility index (Phi) is 8.75. The summed E-state index contributed by atoms with van der Waals surface area (Å²) in [6, 6.07) is 12.5. The molecule has 2 spiro atoms. The molecule has 2 fully saturated rings. The van der Waals surface area contributed by atoms with Crippen LogP contribution in [0.4, 0.5) is 13.6 Å². The van der Waals surface area contributed by atoms with Crippen LogP contribution in [-0.4, -0.2) is 97.6 Å². The molecule has 5 N–H and O–H groups in total. The first-order valence-corrected chi connectivity index (χ1v) is 21.3. The van der Waals surface area contributed by atoms with Crippen LogP contribution < -0.4 is 16.0 Å². The van der Waals surface area contributed by atoms with E-state index in [1.165, 1.54) is 24.3 Å². The van der Waals surface area contributed by atoms with E-state index in [1.54, 1.807) is 35.4 Å². The van der Waals surface area contributed by atoms with Crippen molar-refractivity contribution in [3.05, 3.63) is 117 Å². The SMILES string of the molecule is CC(C)(C)OC(=O)N1CC2(CNC(=O)c3c2[nH]c2c3CCc3cnc(-c4cccc(F)c4)nc3-2)C1.O=C1NCC2(CNC2)c2[nH]c3c(c21)CCc1cnc(-c2cccc(F)c2)nc1-3. The number of rotatable bonds is 2. The largest absolute Gasteiger partial charge is 0.444 e. The maximum Gasteiger partial charge on any atom is 0.410 e. The van der Waals surface area contributed by atoms with Gasteiger partial charge in [0.15, 0.2) is 11.6 Å². The minimum Gasteiger partial charge on any atom is -0.444 e. The number of ether oxygens (including phenoxy) is 1. The Morgan fingerprint density at radius 2 is 1.19 bits per heavy atom. The molecule has 2 saturated heterocycles. The van der Waals surface area contributed by atoms with E-state index in [4.69, 9.17) is 14.7 Å². The van der Waals surface area contributed by atoms with Crippen molar-refractivity contribution >= 4 is 17.9 Å². The van der Waals surface area contributed by atoms with Gasteiger partial charge in [0.05, 0.1) is 44.7 Å². The summed E-state index contributed by atoms with van der Waals surface area (Å²) in [5, 5.41) is 9.42. The van der Waals surface area contributed by atoms with Gasteiger partial charge in [-0.05, 0) is 93.0 Å². The van der Waals surface area contributed by atoms with Crippen LogP contribution in [0.3, 0.4) is 0 Å². The van der Waals surface area contributed by atoms with Gasteiger partial charge in [0.1, 0.15) is 17.2 Å². The molecule has 16 heteroatoms. The number of carbonyl (C=O) groups excluding carboxylic acids is 3. The number of amides is 3. The predicted molar refractivity (Wildman–Crippen MR) is 228 cm³/mol. The summed E-state index contributed by atoms with van der Waals surface area (Å²) in [6.45, 7) is 9.25. The predicted octanol–water partition coefficient (Wildman–Crippen LogP) is 5.57. The number of likely N-dealkylation sites (tertiary alicyclic amines) is 1. The monoisotopic (exact) mass is 850 g/mol. The Bertz CT molecular complexity index is 2920. The van der Waals surface area contributed by atoms with E-state index in [0.29, 0.717) is 67.4 Å². The Hall–Kier alpha value is -6.81. The molecule has 0 unspecified atom stereocenters. The zero-order valence-corrected chi connectivity index (χ0v) is 35.0. The van der Waals surface area contributed by atoms with Crippen LogP contribution in [0.5, 0.6) is 0 Å². The average Bonchev–Trinajstić information content (AvgIpc) is 3.84. The molecule has 4 aromatic heterocycles. The quantitative estimate of drug-likeness (QED) is 0.149. The molecule has 63 heavy (non-hydrogen) atoms. The van der Waals surface area contributed by atoms with Gasteiger partial charge in [-0.25, -0.2) is 33.5 Å². The molecule has 0 saturated carbocycles. The first-order valence-electron chi connectivity index (χ1n) is 21.3. The maximum atomic E-state index is 13.8. The van der Waals surface area contributed by atoms with Gasteiger partial charge in [-0.15, -0.1) is 0 Å². The summed E-state index contributed by atoms with van der Waals surface area (Å²) in [5.74, 6) is 0.143. The highest BCUT2D eigenvalue weighted by Crippen LogP contribution is 2.45. The van der Waals surface area contributed by atoms with E-state index in [0.717, 1.165) is 87.9 Å². The second kappa shape index (κ2) is 14.1. The molecule has 6 aromatic rings. The second-order valence-corrected chi connectivity index (χ2v) is 18.5. The van der Waals surface area contributed by atoms with Crippen LogP contribution in [0.15, 0.2) is 60.9 Å². The third-order valence-corrected chi connectivity index (χ3v) is 13.1. The second-order valence-electron chi connectivity index (χ2n) is 18.5. The van der Waals surface area contributed by atoms with Gasteiger partial charge >= 0.3 is 6.09 Å². The molecule has 4 aliphatic heterocycles. The normalized spacial score (nSPS) is 18.1. The van der Waals surface area contributed by atoms with Gasteiger partial charge in [-0.3, -0.25) is 9.59 Å². The summed E-state index contributed by atoms with van der Waals surface area (Å²) in [4.78, 5) is 65.4. The number of aromatic amines is 2. The zero-order chi connectivity index (χ0) is 43.4. The van der Waals surface area contributed by atoms with Crippen LogP contribution in [0, 0.1) is 11.6 Å². The number of aryl methyl sites for hydroxylation is 2. The van der Waals surface area contributed by atoms with Crippen molar-refractivity contribution in [3.8, 4) is 45.6 Å². The van der Waals surface area contributed by atoms with E-state index in [-0.39, 0.29) is 35.0 Å². The molecule has 6 aliphatic rings. The number of nitrogens with one attached hydrogen (secondary N) is 5. The number of aromatic nitrogens is 6. The maximum absolute atomic E-state index is 13.8. The minimum atomic E-state index is -0.569. The molecule has 0 bridgehead atoms. The number of nitrogens with zero attached hydrogens (tertiary/aromatic N) is 5. The molecule has 320 valence electrons. The Morgan fingerprint density at radius 1 is 0.698 bits per heavy atom. The van der Waals surface area contributed by atoms with Crippen molar-refractivity contribution in [3.63, 3.8) is 0 Å². The number of H-pyrrole nitrogens is 2. The van der Waals surface area contributed by atoms with Crippen LogP contribution in [0.1, 0.15) is 75.1 Å². The van der Waals surface area contributed by atoms with Gasteiger partial charge in [-0.1, -0.05) is 24.3 Å². The smallest absolute Gasteiger partial charge is 0.410 e. The number of halogens is 2. The van der Waals surface area contributed by atoms with Crippen molar-refractivity contribution in [1.82, 2.24) is 50.8 Å².